The second-order valence-electron chi connectivity index (χ2n) is 8.28. The van der Waals surface area contributed by atoms with Gasteiger partial charge in [0.2, 0.25) is 0 Å². The number of rotatable bonds is 8. The molecule has 0 unspecified atom stereocenters. The fraction of sp³-hybridized carbons (Fsp3) is 0.407. The summed E-state index contributed by atoms with van der Waals surface area (Å²) in [6.45, 7) is 13.5. The van der Waals surface area contributed by atoms with E-state index in [9.17, 15) is 0 Å². The molecule has 0 saturated carbocycles. The molecule has 0 bridgehead atoms. The number of benzene rings is 2. The Morgan fingerprint density at radius 2 is 1.72 bits per heavy atom. The molecule has 0 aliphatic carbocycles. The van der Waals surface area contributed by atoms with E-state index < -0.39 is 0 Å². The first kappa shape index (κ1) is 24.3. The predicted molar refractivity (Wildman–Crippen MR) is 142 cm³/mol. The van der Waals surface area contributed by atoms with Crippen LogP contribution in [0.1, 0.15) is 67.9 Å². The van der Waals surface area contributed by atoms with Gasteiger partial charge < -0.3 is 0 Å². The molecule has 2 rings (SSSR count). The van der Waals surface area contributed by atoms with Crippen molar-refractivity contribution in [3.05, 3.63) is 75.9 Å². The quantitative estimate of drug-likeness (QED) is 0.201. The minimum Gasteiger partial charge on any atom is -0.143 e. The Morgan fingerprint density at radius 1 is 1.07 bits per heavy atom. The average molecular weight is 519 g/mol. The van der Waals surface area contributed by atoms with E-state index in [0.717, 1.165) is 17.7 Å². The molecule has 2 aromatic carbocycles. The molecule has 0 aliphatic heterocycles. The van der Waals surface area contributed by atoms with Crippen molar-refractivity contribution in [1.29, 1.82) is 0 Å². The SMILES string of the molecule is CC[C@@H](C)/C=C(/CC[C@@H](I)/C(C)=C/c1ccccc1S)c1cc(C)c(C)cc1C. The van der Waals surface area contributed by atoms with Gasteiger partial charge in [0, 0.05) is 8.82 Å². The van der Waals surface area contributed by atoms with Crippen LogP contribution in [0.4, 0.5) is 0 Å². The van der Waals surface area contributed by atoms with E-state index in [1.165, 1.54) is 45.4 Å². The first-order valence-electron chi connectivity index (χ1n) is 10.6. The van der Waals surface area contributed by atoms with Gasteiger partial charge in [0.25, 0.3) is 0 Å². The summed E-state index contributed by atoms with van der Waals surface area (Å²) < 4.78 is 0.507. The molecular formula is C27H35IS. The van der Waals surface area contributed by atoms with E-state index in [4.69, 9.17) is 0 Å². The third-order valence-electron chi connectivity index (χ3n) is 5.80. The Kier molecular flexibility index (Phi) is 9.55. The molecule has 0 radical (unpaired) electrons. The Balaban J connectivity index is 2.23. The highest BCUT2D eigenvalue weighted by Gasteiger charge is 2.13. The van der Waals surface area contributed by atoms with Crippen LogP contribution < -0.4 is 0 Å². The second kappa shape index (κ2) is 11.4. The summed E-state index contributed by atoms with van der Waals surface area (Å²) in [4.78, 5) is 1.04. The third kappa shape index (κ3) is 7.03. The lowest BCUT2D eigenvalue weighted by Gasteiger charge is -2.18. The van der Waals surface area contributed by atoms with Gasteiger partial charge in [-0.05, 0) is 85.9 Å². The van der Waals surface area contributed by atoms with Crippen molar-refractivity contribution in [3.8, 4) is 0 Å². The Hall–Kier alpha value is -1.00. The fourth-order valence-electron chi connectivity index (χ4n) is 3.53. The normalized spacial score (nSPS) is 14.8. The minimum atomic E-state index is 0.507. The molecule has 0 heterocycles. The number of hydrogen-bond donors (Lipinski definition) is 1. The van der Waals surface area contributed by atoms with Gasteiger partial charge in [0.15, 0.2) is 0 Å². The highest BCUT2D eigenvalue weighted by atomic mass is 127. The maximum absolute atomic E-state index is 4.59. The molecule has 0 nitrogen and oxygen atoms in total. The molecule has 2 aromatic rings. The summed E-state index contributed by atoms with van der Waals surface area (Å²) in [5.41, 5.74) is 9.70. The van der Waals surface area contributed by atoms with Crippen LogP contribution >= 0.6 is 35.2 Å². The van der Waals surface area contributed by atoms with E-state index in [2.05, 4.69) is 119 Å². The molecule has 0 spiro atoms. The van der Waals surface area contributed by atoms with Crippen LogP contribution in [-0.4, -0.2) is 3.92 Å². The number of alkyl halides is 1. The lowest BCUT2D eigenvalue weighted by atomic mass is 9.89. The van der Waals surface area contributed by atoms with E-state index in [-0.39, 0.29) is 0 Å². The Bertz CT molecular complexity index is 891. The molecule has 0 aromatic heterocycles. The summed E-state index contributed by atoms with van der Waals surface area (Å²) in [5, 5.41) is 0. The van der Waals surface area contributed by atoms with Crippen molar-refractivity contribution in [2.45, 2.75) is 69.6 Å². The lowest BCUT2D eigenvalue weighted by molar-refractivity contribution is 0.696. The maximum Gasteiger partial charge on any atom is 0.0322 e. The Morgan fingerprint density at radius 3 is 2.38 bits per heavy atom. The van der Waals surface area contributed by atoms with Gasteiger partial charge in [-0.15, -0.1) is 12.6 Å². The number of allylic oxidation sites excluding steroid dienone is 3. The molecule has 0 saturated heterocycles. The Labute approximate surface area is 197 Å². The number of thiol groups is 1. The molecule has 29 heavy (non-hydrogen) atoms. The van der Waals surface area contributed by atoms with Crippen molar-refractivity contribution >= 4 is 46.9 Å². The zero-order chi connectivity index (χ0) is 21.6. The topological polar surface area (TPSA) is 0 Å². The van der Waals surface area contributed by atoms with Crippen LogP contribution in [-0.2, 0) is 0 Å². The third-order valence-corrected chi connectivity index (χ3v) is 7.81. The largest absolute Gasteiger partial charge is 0.143 e. The summed E-state index contributed by atoms with van der Waals surface area (Å²) in [6.07, 6.45) is 8.22. The zero-order valence-corrected chi connectivity index (χ0v) is 21.8. The van der Waals surface area contributed by atoms with Crippen LogP contribution in [0.5, 0.6) is 0 Å². The number of halogens is 1. The summed E-state index contributed by atoms with van der Waals surface area (Å²) in [5.74, 6) is 0.603. The van der Waals surface area contributed by atoms with Crippen molar-refractivity contribution in [2.75, 3.05) is 0 Å². The maximum atomic E-state index is 4.59. The van der Waals surface area contributed by atoms with Gasteiger partial charge in [0.1, 0.15) is 0 Å². The first-order chi connectivity index (χ1) is 13.7. The smallest absolute Gasteiger partial charge is 0.0322 e. The fourth-order valence-corrected chi connectivity index (χ4v) is 4.25. The average Bonchev–Trinajstić information content (AvgIpc) is 2.69. The molecule has 2 atom stereocenters. The lowest BCUT2D eigenvalue weighted by Crippen LogP contribution is -2.03. The molecular weight excluding hydrogens is 483 g/mol. The van der Waals surface area contributed by atoms with Crippen molar-refractivity contribution in [1.82, 2.24) is 0 Å². The van der Waals surface area contributed by atoms with Gasteiger partial charge in [-0.2, -0.15) is 0 Å². The number of aryl methyl sites for hydroxylation is 3. The molecule has 0 fully saturated rings. The highest BCUT2D eigenvalue weighted by molar-refractivity contribution is 14.1. The van der Waals surface area contributed by atoms with Crippen molar-refractivity contribution < 1.29 is 0 Å². The van der Waals surface area contributed by atoms with Gasteiger partial charge >= 0.3 is 0 Å². The van der Waals surface area contributed by atoms with E-state index >= 15 is 0 Å². The second-order valence-corrected chi connectivity index (χ2v) is 10.3. The van der Waals surface area contributed by atoms with Gasteiger partial charge in [0.05, 0.1) is 0 Å². The summed E-state index contributed by atoms with van der Waals surface area (Å²) in [6, 6.07) is 13.0. The van der Waals surface area contributed by atoms with Crippen LogP contribution in [0, 0.1) is 26.7 Å². The summed E-state index contributed by atoms with van der Waals surface area (Å²) >= 11 is 7.20. The van der Waals surface area contributed by atoms with E-state index in [0.29, 0.717) is 9.84 Å². The highest BCUT2D eigenvalue weighted by Crippen LogP contribution is 2.31. The van der Waals surface area contributed by atoms with Gasteiger partial charge in [-0.1, -0.05) is 90.9 Å². The minimum absolute atomic E-state index is 0.507. The van der Waals surface area contributed by atoms with Crippen LogP contribution in [0.3, 0.4) is 0 Å². The molecule has 156 valence electrons. The van der Waals surface area contributed by atoms with E-state index in [1.54, 1.807) is 0 Å². The molecule has 2 heteroatoms. The number of hydrogen-bond acceptors (Lipinski definition) is 1. The molecule has 0 aliphatic rings. The molecule has 0 amide bonds. The van der Waals surface area contributed by atoms with Gasteiger partial charge in [-0.25, -0.2) is 0 Å². The first-order valence-corrected chi connectivity index (χ1v) is 12.3. The monoisotopic (exact) mass is 518 g/mol. The van der Waals surface area contributed by atoms with Gasteiger partial charge in [-0.3, -0.25) is 0 Å². The van der Waals surface area contributed by atoms with Crippen LogP contribution in [0.25, 0.3) is 11.6 Å². The molecule has 0 N–H and O–H groups in total. The standard InChI is InChI=1S/C27H35IS/c1-7-18(2)14-23(25-17-20(4)19(3)15-21(25)5)12-13-26(28)22(6)16-24-10-8-9-11-27(24)29/h8-11,14-18,26,29H,7,12-13H2,1-6H3/b22-16+,23-14-/t18-,26-/m1/s1. The zero-order valence-electron chi connectivity index (χ0n) is 18.7. The van der Waals surface area contributed by atoms with Crippen molar-refractivity contribution in [2.24, 2.45) is 5.92 Å². The van der Waals surface area contributed by atoms with E-state index in [1.807, 2.05) is 6.07 Å². The van der Waals surface area contributed by atoms with Crippen LogP contribution in [0.2, 0.25) is 0 Å². The predicted octanol–water partition coefficient (Wildman–Crippen LogP) is 9.02. The van der Waals surface area contributed by atoms with Crippen LogP contribution in [0.15, 0.2) is 52.9 Å². The van der Waals surface area contributed by atoms with Crippen molar-refractivity contribution in [3.63, 3.8) is 0 Å². The summed E-state index contributed by atoms with van der Waals surface area (Å²) in [7, 11) is 0.